The van der Waals surface area contributed by atoms with Crippen molar-refractivity contribution in [1.82, 2.24) is 0 Å². The van der Waals surface area contributed by atoms with Crippen molar-refractivity contribution in [2.75, 3.05) is 6.61 Å². The minimum atomic E-state index is -2.52. The first-order chi connectivity index (χ1) is 11.6. The first kappa shape index (κ1) is 19.8. The maximum Gasteiger partial charge on any atom is 0.261 e. The van der Waals surface area contributed by atoms with Crippen LogP contribution in [0.5, 0.6) is 0 Å². The molecular formula is C21H29NOSSi. The Balaban J connectivity index is 2.63. The Hall–Kier alpha value is -1.49. The molecule has 25 heavy (non-hydrogen) atoms. The molecule has 0 unspecified atom stereocenters. The van der Waals surface area contributed by atoms with E-state index in [0.29, 0.717) is 11.6 Å². The van der Waals surface area contributed by atoms with Crippen molar-refractivity contribution < 1.29 is 4.43 Å². The summed E-state index contributed by atoms with van der Waals surface area (Å²) in [4.78, 5) is 0.491. The van der Waals surface area contributed by atoms with Gasteiger partial charge in [-0.1, -0.05) is 108 Å². The van der Waals surface area contributed by atoms with Crippen LogP contribution in [-0.2, 0) is 4.43 Å². The molecule has 0 fully saturated rings. The Bertz CT molecular complexity index is 668. The summed E-state index contributed by atoms with van der Waals surface area (Å²) in [5, 5.41) is 2.50. The van der Waals surface area contributed by atoms with Gasteiger partial charge in [-0.05, 0) is 15.4 Å². The molecule has 0 atom stereocenters. The van der Waals surface area contributed by atoms with Gasteiger partial charge in [-0.25, -0.2) is 0 Å². The molecule has 0 bridgehead atoms. The lowest BCUT2D eigenvalue weighted by molar-refractivity contribution is 0.223. The van der Waals surface area contributed by atoms with E-state index in [1.807, 2.05) is 13.8 Å². The molecular weight excluding hydrogens is 342 g/mol. The molecule has 0 heterocycles. The molecule has 0 aliphatic carbocycles. The van der Waals surface area contributed by atoms with Crippen LogP contribution in [0.25, 0.3) is 0 Å². The van der Waals surface area contributed by atoms with Crippen LogP contribution in [0.15, 0.2) is 60.7 Å². The maximum atomic E-state index is 6.86. The van der Waals surface area contributed by atoms with E-state index in [9.17, 15) is 0 Å². The molecule has 0 saturated heterocycles. The molecule has 0 saturated carbocycles. The Kier molecular flexibility index (Phi) is 5.87. The predicted octanol–water partition coefficient (Wildman–Crippen LogP) is 3.88. The number of thiocarbonyl (C=S) groups is 1. The lowest BCUT2D eigenvalue weighted by Gasteiger charge is -2.44. The summed E-state index contributed by atoms with van der Waals surface area (Å²) < 4.78 is 6.86. The monoisotopic (exact) mass is 371 g/mol. The normalized spacial score (nSPS) is 12.8. The molecule has 0 aliphatic rings. The summed E-state index contributed by atoms with van der Waals surface area (Å²) in [7, 11) is -2.52. The zero-order chi connectivity index (χ0) is 18.7. The molecule has 0 amide bonds. The molecule has 2 N–H and O–H groups in total. The van der Waals surface area contributed by atoms with Gasteiger partial charge in [0.2, 0.25) is 0 Å². The summed E-state index contributed by atoms with van der Waals surface area (Å²) in [5.74, 6) is 0. The van der Waals surface area contributed by atoms with E-state index in [4.69, 9.17) is 22.4 Å². The summed E-state index contributed by atoms with van der Waals surface area (Å²) >= 11 is 5.26. The number of rotatable bonds is 6. The lowest BCUT2D eigenvalue weighted by Crippen LogP contribution is -2.67. The van der Waals surface area contributed by atoms with Crippen molar-refractivity contribution in [2.24, 2.45) is 11.1 Å². The second-order valence-electron chi connectivity index (χ2n) is 8.20. The summed E-state index contributed by atoms with van der Waals surface area (Å²) in [6.07, 6.45) is 0. The van der Waals surface area contributed by atoms with Crippen LogP contribution in [0.3, 0.4) is 0 Å². The minimum Gasteiger partial charge on any atom is -0.406 e. The van der Waals surface area contributed by atoms with Gasteiger partial charge in [-0.3, -0.25) is 0 Å². The number of hydrogen-bond donors (Lipinski definition) is 1. The third kappa shape index (κ3) is 4.02. The first-order valence-corrected chi connectivity index (χ1v) is 11.0. The second kappa shape index (κ2) is 7.40. The van der Waals surface area contributed by atoms with Crippen LogP contribution in [0, 0.1) is 5.41 Å². The standard InChI is InChI=1S/C21H29NOSSi/c1-20(2,3)25(17-12-8-6-9-13-17,18-14-10-7-11-15-18)23-16-21(4,5)19(22)24/h6-15H,16H2,1-5H3,(H2,22,24). The van der Waals surface area contributed by atoms with E-state index < -0.39 is 8.32 Å². The highest BCUT2D eigenvalue weighted by Crippen LogP contribution is 2.37. The van der Waals surface area contributed by atoms with E-state index in [1.165, 1.54) is 10.4 Å². The van der Waals surface area contributed by atoms with Gasteiger partial charge >= 0.3 is 0 Å². The van der Waals surface area contributed by atoms with Crippen LogP contribution >= 0.6 is 12.2 Å². The molecule has 2 nitrogen and oxygen atoms in total. The van der Waals surface area contributed by atoms with Crippen LogP contribution < -0.4 is 16.1 Å². The number of benzene rings is 2. The van der Waals surface area contributed by atoms with E-state index in [1.54, 1.807) is 0 Å². The van der Waals surface area contributed by atoms with Crippen molar-refractivity contribution in [2.45, 2.75) is 39.7 Å². The van der Waals surface area contributed by atoms with E-state index >= 15 is 0 Å². The highest BCUT2D eigenvalue weighted by Gasteiger charge is 2.50. The molecule has 0 spiro atoms. The fourth-order valence-corrected chi connectivity index (χ4v) is 7.91. The van der Waals surface area contributed by atoms with Crippen LogP contribution in [0.1, 0.15) is 34.6 Å². The van der Waals surface area contributed by atoms with Crippen LogP contribution in [0.4, 0.5) is 0 Å². The van der Waals surface area contributed by atoms with Gasteiger partial charge < -0.3 is 10.2 Å². The highest BCUT2D eigenvalue weighted by molar-refractivity contribution is 7.80. The average molecular weight is 372 g/mol. The summed E-state index contributed by atoms with van der Waals surface area (Å²) in [5.41, 5.74) is 5.61. The first-order valence-electron chi connectivity index (χ1n) is 8.66. The lowest BCUT2D eigenvalue weighted by atomic mass is 9.95. The third-order valence-corrected chi connectivity index (χ3v) is 10.3. The number of hydrogen-bond acceptors (Lipinski definition) is 2. The molecule has 2 rings (SSSR count). The van der Waals surface area contributed by atoms with E-state index in [-0.39, 0.29) is 10.5 Å². The molecule has 2 aromatic carbocycles. The van der Waals surface area contributed by atoms with Gasteiger partial charge in [0.1, 0.15) is 0 Å². The summed E-state index contributed by atoms with van der Waals surface area (Å²) in [6.45, 7) is 11.4. The molecule has 0 radical (unpaired) electrons. The van der Waals surface area contributed by atoms with Gasteiger partial charge in [0, 0.05) is 12.0 Å². The van der Waals surface area contributed by atoms with Gasteiger partial charge in [-0.2, -0.15) is 0 Å². The van der Waals surface area contributed by atoms with Crippen LogP contribution in [0.2, 0.25) is 5.04 Å². The largest absolute Gasteiger partial charge is 0.406 e. The van der Waals surface area contributed by atoms with Gasteiger partial charge in [0.25, 0.3) is 8.32 Å². The zero-order valence-corrected chi connectivity index (χ0v) is 17.7. The molecule has 0 aromatic heterocycles. The van der Waals surface area contributed by atoms with Crippen molar-refractivity contribution in [1.29, 1.82) is 0 Å². The maximum absolute atomic E-state index is 6.86. The SMILES string of the molecule is CC(C)(CO[Si](c1ccccc1)(c1ccccc1)C(C)(C)C)C(N)=S. The molecule has 2 aromatic rings. The molecule has 134 valence electrons. The predicted molar refractivity (Wildman–Crippen MR) is 114 cm³/mol. The Morgan fingerprint density at radius 1 is 0.880 bits per heavy atom. The van der Waals surface area contributed by atoms with Crippen molar-refractivity contribution in [3.63, 3.8) is 0 Å². The highest BCUT2D eigenvalue weighted by atomic mass is 32.1. The molecule has 0 aliphatic heterocycles. The smallest absolute Gasteiger partial charge is 0.261 e. The number of nitrogens with two attached hydrogens (primary N) is 1. The van der Waals surface area contributed by atoms with Crippen molar-refractivity contribution in [3.8, 4) is 0 Å². The van der Waals surface area contributed by atoms with Gasteiger partial charge in [0.05, 0.1) is 4.99 Å². The van der Waals surface area contributed by atoms with Gasteiger partial charge in [0.15, 0.2) is 0 Å². The fraction of sp³-hybridized carbons (Fsp3) is 0.381. The van der Waals surface area contributed by atoms with Crippen LogP contribution in [-0.4, -0.2) is 19.9 Å². The minimum absolute atomic E-state index is 0.0397. The Morgan fingerprint density at radius 3 is 1.60 bits per heavy atom. The average Bonchev–Trinajstić information content (AvgIpc) is 2.56. The van der Waals surface area contributed by atoms with Gasteiger partial charge in [-0.15, -0.1) is 0 Å². The van der Waals surface area contributed by atoms with Crippen molar-refractivity contribution >= 4 is 35.9 Å². The van der Waals surface area contributed by atoms with E-state index in [0.717, 1.165) is 0 Å². The summed E-state index contributed by atoms with van der Waals surface area (Å²) in [6, 6.07) is 21.2. The fourth-order valence-electron chi connectivity index (χ4n) is 3.12. The molecule has 4 heteroatoms. The zero-order valence-electron chi connectivity index (χ0n) is 15.9. The third-order valence-electron chi connectivity index (χ3n) is 4.73. The second-order valence-corrected chi connectivity index (χ2v) is 12.9. The van der Waals surface area contributed by atoms with E-state index in [2.05, 4.69) is 81.4 Å². The Labute approximate surface area is 158 Å². The van der Waals surface area contributed by atoms with Crippen molar-refractivity contribution in [3.05, 3.63) is 60.7 Å². The topological polar surface area (TPSA) is 35.2 Å². The Morgan fingerprint density at radius 2 is 1.28 bits per heavy atom. The quantitative estimate of drug-likeness (QED) is 0.618.